The lowest BCUT2D eigenvalue weighted by atomic mass is 10.0. The highest BCUT2D eigenvalue weighted by Gasteiger charge is 2.27. The van der Waals surface area contributed by atoms with E-state index in [-0.39, 0.29) is 18.7 Å². The Morgan fingerprint density at radius 2 is 2.00 bits per heavy atom. The van der Waals surface area contributed by atoms with Crippen LogP contribution in [0.2, 0.25) is 0 Å². The van der Waals surface area contributed by atoms with Crippen molar-refractivity contribution >= 4 is 5.91 Å². The Morgan fingerprint density at radius 1 is 1.32 bits per heavy atom. The molecule has 0 bridgehead atoms. The van der Waals surface area contributed by atoms with E-state index in [1.165, 1.54) is 0 Å². The number of likely N-dealkylation sites (N-methyl/N-ethyl adjacent to an activating group) is 1. The predicted molar refractivity (Wildman–Crippen MR) is 72.3 cm³/mol. The van der Waals surface area contributed by atoms with Gasteiger partial charge in [0, 0.05) is 0 Å². The van der Waals surface area contributed by atoms with Gasteiger partial charge in [0.05, 0.1) is 11.6 Å². The molecule has 2 rings (SSSR count). The molecule has 5 heteroatoms. The molecule has 19 heavy (non-hydrogen) atoms. The van der Waals surface area contributed by atoms with E-state index in [4.69, 9.17) is 9.47 Å². The van der Waals surface area contributed by atoms with Gasteiger partial charge < -0.3 is 20.1 Å². The fourth-order valence-electron chi connectivity index (χ4n) is 1.76. The average Bonchev–Trinajstić information content (AvgIpc) is 2.85. The first-order chi connectivity index (χ1) is 8.94. The number of hydrogen-bond acceptors (Lipinski definition) is 4. The number of carbonyl (C=O) groups excluding carboxylic acids is 1. The summed E-state index contributed by atoms with van der Waals surface area (Å²) in [6.07, 6.45) is 0. The highest BCUT2D eigenvalue weighted by molar-refractivity contribution is 5.85. The normalized spacial score (nSPS) is 15.2. The van der Waals surface area contributed by atoms with E-state index in [9.17, 15) is 4.79 Å². The molecule has 1 unspecified atom stereocenters. The molecule has 0 aliphatic carbocycles. The van der Waals surface area contributed by atoms with Crippen LogP contribution in [0, 0.1) is 0 Å². The summed E-state index contributed by atoms with van der Waals surface area (Å²) >= 11 is 0. The lowest BCUT2D eigenvalue weighted by Gasteiger charge is -2.25. The molecule has 1 aliphatic rings. The highest BCUT2D eigenvalue weighted by atomic mass is 16.7. The van der Waals surface area contributed by atoms with Gasteiger partial charge in [0.2, 0.25) is 12.7 Å². The molecule has 1 aromatic carbocycles. The molecule has 0 radical (unpaired) electrons. The zero-order chi connectivity index (χ0) is 14.0. The molecule has 1 aromatic rings. The first kappa shape index (κ1) is 13.7. The monoisotopic (exact) mass is 264 g/mol. The molecular weight excluding hydrogens is 244 g/mol. The Hall–Kier alpha value is -1.75. The van der Waals surface area contributed by atoms with Crippen molar-refractivity contribution in [3.05, 3.63) is 23.8 Å². The fraction of sp³-hybridized carbons (Fsp3) is 0.500. The second kappa shape index (κ2) is 5.09. The van der Waals surface area contributed by atoms with Crippen molar-refractivity contribution in [3.8, 4) is 11.5 Å². The maximum atomic E-state index is 12.1. The van der Waals surface area contributed by atoms with Gasteiger partial charge in [-0.05, 0) is 45.5 Å². The molecule has 0 fully saturated rings. The maximum Gasteiger partial charge on any atom is 0.240 e. The van der Waals surface area contributed by atoms with E-state index in [0.717, 1.165) is 17.1 Å². The van der Waals surface area contributed by atoms with Crippen molar-refractivity contribution in [2.75, 3.05) is 13.8 Å². The molecule has 104 valence electrons. The molecule has 1 amide bonds. The summed E-state index contributed by atoms with van der Waals surface area (Å²) in [4.78, 5) is 12.1. The second-order valence-corrected chi connectivity index (χ2v) is 5.18. The van der Waals surface area contributed by atoms with Gasteiger partial charge in [-0.1, -0.05) is 6.07 Å². The van der Waals surface area contributed by atoms with Crippen LogP contribution in [0.1, 0.15) is 32.4 Å². The van der Waals surface area contributed by atoms with E-state index in [1.807, 2.05) is 39.0 Å². The van der Waals surface area contributed by atoms with Crippen molar-refractivity contribution in [1.82, 2.24) is 10.6 Å². The number of fused-ring (bicyclic) bond motifs is 1. The number of ether oxygens (including phenoxy) is 2. The van der Waals surface area contributed by atoms with E-state index >= 15 is 0 Å². The summed E-state index contributed by atoms with van der Waals surface area (Å²) in [5.74, 6) is 1.43. The molecule has 2 N–H and O–H groups in total. The largest absolute Gasteiger partial charge is 0.454 e. The minimum Gasteiger partial charge on any atom is -0.454 e. The zero-order valence-electron chi connectivity index (χ0n) is 11.7. The van der Waals surface area contributed by atoms with Crippen LogP contribution in [0.15, 0.2) is 18.2 Å². The quantitative estimate of drug-likeness (QED) is 0.867. The van der Waals surface area contributed by atoms with Crippen molar-refractivity contribution < 1.29 is 14.3 Å². The lowest BCUT2D eigenvalue weighted by molar-refractivity contribution is -0.126. The smallest absolute Gasteiger partial charge is 0.240 e. The van der Waals surface area contributed by atoms with Gasteiger partial charge in [-0.3, -0.25) is 4.79 Å². The molecule has 0 spiro atoms. The number of hydrogen-bond donors (Lipinski definition) is 2. The number of benzene rings is 1. The third kappa shape index (κ3) is 2.81. The Kier molecular flexibility index (Phi) is 3.66. The van der Waals surface area contributed by atoms with Gasteiger partial charge >= 0.3 is 0 Å². The van der Waals surface area contributed by atoms with Crippen LogP contribution in [-0.2, 0) is 4.79 Å². The molecule has 1 atom stereocenters. The molecule has 0 saturated heterocycles. The van der Waals surface area contributed by atoms with Crippen molar-refractivity contribution in [3.63, 3.8) is 0 Å². The Balaban J connectivity index is 2.08. The van der Waals surface area contributed by atoms with Crippen molar-refractivity contribution in [1.29, 1.82) is 0 Å². The first-order valence-electron chi connectivity index (χ1n) is 6.33. The number of nitrogens with one attached hydrogen (secondary N) is 2. The van der Waals surface area contributed by atoms with E-state index < -0.39 is 5.54 Å². The van der Waals surface area contributed by atoms with E-state index in [0.29, 0.717) is 0 Å². The Morgan fingerprint density at radius 3 is 2.68 bits per heavy atom. The second-order valence-electron chi connectivity index (χ2n) is 5.18. The summed E-state index contributed by atoms with van der Waals surface area (Å²) in [5.41, 5.74) is 0.398. The molecule has 0 aromatic heterocycles. The van der Waals surface area contributed by atoms with Crippen LogP contribution >= 0.6 is 0 Å². The zero-order valence-corrected chi connectivity index (χ0v) is 11.7. The topological polar surface area (TPSA) is 59.6 Å². The SMILES string of the molecule is CNC(C)(C)C(=O)NC(C)c1ccc2c(c1)OCO2. The van der Waals surface area contributed by atoms with Gasteiger partial charge in [0.25, 0.3) is 0 Å². The van der Waals surface area contributed by atoms with Crippen LogP contribution in [0.5, 0.6) is 11.5 Å². The molecule has 0 saturated carbocycles. The van der Waals surface area contributed by atoms with Crippen LogP contribution in [-0.4, -0.2) is 25.3 Å². The molecule has 5 nitrogen and oxygen atoms in total. The minimum atomic E-state index is -0.593. The Bertz CT molecular complexity index is 486. The van der Waals surface area contributed by atoms with Gasteiger partial charge in [-0.15, -0.1) is 0 Å². The first-order valence-corrected chi connectivity index (χ1v) is 6.33. The highest BCUT2D eigenvalue weighted by Crippen LogP contribution is 2.34. The summed E-state index contributed by atoms with van der Waals surface area (Å²) < 4.78 is 10.6. The van der Waals surface area contributed by atoms with Crippen LogP contribution in [0.3, 0.4) is 0 Å². The summed E-state index contributed by atoms with van der Waals surface area (Å²) in [5, 5.41) is 5.96. The van der Waals surface area contributed by atoms with Crippen LogP contribution < -0.4 is 20.1 Å². The minimum absolute atomic E-state index is 0.0415. The average molecular weight is 264 g/mol. The third-order valence-corrected chi connectivity index (χ3v) is 3.44. The predicted octanol–water partition coefficient (Wildman–Crippen LogP) is 1.59. The third-order valence-electron chi connectivity index (χ3n) is 3.44. The van der Waals surface area contributed by atoms with Crippen LogP contribution in [0.4, 0.5) is 0 Å². The van der Waals surface area contributed by atoms with E-state index in [2.05, 4.69) is 10.6 Å². The Labute approximate surface area is 113 Å². The summed E-state index contributed by atoms with van der Waals surface area (Å²) in [6, 6.07) is 5.61. The molecule has 1 aliphatic heterocycles. The van der Waals surface area contributed by atoms with Gasteiger partial charge in [-0.25, -0.2) is 0 Å². The molecular formula is C14H20N2O3. The van der Waals surface area contributed by atoms with E-state index in [1.54, 1.807) is 7.05 Å². The number of carbonyl (C=O) groups is 1. The standard InChI is InChI=1S/C14H20N2O3/c1-9(16-13(17)14(2,3)15-4)10-5-6-11-12(7-10)19-8-18-11/h5-7,9,15H,8H2,1-4H3,(H,16,17). The fourth-order valence-corrected chi connectivity index (χ4v) is 1.76. The summed E-state index contributed by atoms with van der Waals surface area (Å²) in [7, 11) is 1.77. The number of amides is 1. The lowest BCUT2D eigenvalue weighted by Crippen LogP contribution is -2.51. The van der Waals surface area contributed by atoms with Crippen LogP contribution in [0.25, 0.3) is 0 Å². The molecule has 1 heterocycles. The van der Waals surface area contributed by atoms with Crippen molar-refractivity contribution in [2.45, 2.75) is 32.4 Å². The summed E-state index contributed by atoms with van der Waals surface area (Å²) in [6.45, 7) is 5.89. The number of rotatable bonds is 4. The maximum absolute atomic E-state index is 12.1. The van der Waals surface area contributed by atoms with Gasteiger partial charge in [0.15, 0.2) is 11.5 Å². The van der Waals surface area contributed by atoms with Gasteiger partial charge in [0.1, 0.15) is 0 Å². The van der Waals surface area contributed by atoms with Crippen molar-refractivity contribution in [2.24, 2.45) is 0 Å². The van der Waals surface area contributed by atoms with Gasteiger partial charge in [-0.2, -0.15) is 0 Å².